The number of hydrogen-bond acceptors (Lipinski definition) is 1. The van der Waals surface area contributed by atoms with Crippen LogP contribution in [0.15, 0.2) is 24.8 Å². The first-order valence-corrected chi connectivity index (χ1v) is 5.30. The van der Waals surface area contributed by atoms with Crippen molar-refractivity contribution in [1.82, 2.24) is 5.32 Å². The number of nitrogens with one attached hydrogen (secondary N) is 2. The molecule has 0 saturated heterocycles. The highest BCUT2D eigenvalue weighted by molar-refractivity contribution is 6.03. The summed E-state index contributed by atoms with van der Waals surface area (Å²) in [5.41, 5.74) is 3.62. The Labute approximate surface area is 95.6 Å². The molecule has 0 aliphatic carbocycles. The van der Waals surface area contributed by atoms with Gasteiger partial charge in [0, 0.05) is 11.3 Å². The van der Waals surface area contributed by atoms with Crippen molar-refractivity contribution in [3.05, 3.63) is 35.9 Å². The molecule has 2 amide bonds. The van der Waals surface area contributed by atoms with Crippen LogP contribution in [-0.2, 0) is 5.41 Å². The smallest absolute Gasteiger partial charge is 0.308 e. The van der Waals surface area contributed by atoms with Crippen molar-refractivity contribution < 1.29 is 4.79 Å². The van der Waals surface area contributed by atoms with Gasteiger partial charge in [-0.3, -0.25) is 0 Å². The second-order valence-electron chi connectivity index (χ2n) is 5.04. The van der Waals surface area contributed by atoms with Crippen LogP contribution in [0.25, 0.3) is 5.70 Å². The number of amides is 2. The largest absolute Gasteiger partial charge is 0.323 e. The molecule has 2 rings (SSSR count). The van der Waals surface area contributed by atoms with Gasteiger partial charge in [0.05, 0.1) is 5.69 Å². The van der Waals surface area contributed by atoms with Gasteiger partial charge in [0.15, 0.2) is 0 Å². The van der Waals surface area contributed by atoms with E-state index in [-0.39, 0.29) is 11.4 Å². The summed E-state index contributed by atoms with van der Waals surface area (Å²) in [4.78, 5) is 11.4. The zero-order valence-corrected chi connectivity index (χ0v) is 9.85. The van der Waals surface area contributed by atoms with E-state index >= 15 is 0 Å². The van der Waals surface area contributed by atoms with Crippen LogP contribution < -0.4 is 10.6 Å². The number of hydrogen-bond donors (Lipinski definition) is 2. The van der Waals surface area contributed by atoms with E-state index in [1.165, 1.54) is 0 Å². The Kier molecular flexibility index (Phi) is 2.26. The third-order valence-electron chi connectivity index (χ3n) is 2.70. The molecule has 0 atom stereocenters. The molecule has 1 aromatic rings. The molecule has 0 aromatic heterocycles. The third-order valence-corrected chi connectivity index (χ3v) is 2.70. The third kappa shape index (κ3) is 1.69. The van der Waals surface area contributed by atoms with Crippen molar-refractivity contribution in [1.29, 1.82) is 0 Å². The van der Waals surface area contributed by atoms with E-state index in [9.17, 15) is 4.79 Å². The Balaban J connectivity index is 2.63. The quantitative estimate of drug-likeness (QED) is 0.687. The molecule has 0 saturated carbocycles. The van der Waals surface area contributed by atoms with Gasteiger partial charge in [0.25, 0.3) is 0 Å². The van der Waals surface area contributed by atoms with Gasteiger partial charge in [0.1, 0.15) is 0 Å². The van der Waals surface area contributed by atoms with Crippen molar-refractivity contribution in [2.45, 2.75) is 26.2 Å². The number of anilines is 1. The number of fused-ring (bicyclic) bond motifs is 1. The monoisotopic (exact) mass is 216 g/mol. The molecule has 1 aromatic carbocycles. The van der Waals surface area contributed by atoms with Crippen LogP contribution in [0.3, 0.4) is 0 Å². The van der Waals surface area contributed by atoms with E-state index in [4.69, 9.17) is 0 Å². The predicted molar refractivity (Wildman–Crippen MR) is 66.3 cm³/mol. The van der Waals surface area contributed by atoms with E-state index in [1.807, 2.05) is 18.2 Å². The maximum absolute atomic E-state index is 11.4. The molecule has 0 radical (unpaired) electrons. The minimum absolute atomic E-state index is 0.00373. The van der Waals surface area contributed by atoms with Gasteiger partial charge in [-0.05, 0) is 11.0 Å². The molecule has 3 heteroatoms. The van der Waals surface area contributed by atoms with Crippen molar-refractivity contribution in [2.24, 2.45) is 0 Å². The van der Waals surface area contributed by atoms with E-state index in [2.05, 4.69) is 38.0 Å². The van der Waals surface area contributed by atoms with Gasteiger partial charge in [-0.2, -0.15) is 0 Å². The predicted octanol–water partition coefficient (Wildman–Crippen LogP) is 3.09. The molecule has 0 bridgehead atoms. The fourth-order valence-electron chi connectivity index (χ4n) is 1.91. The van der Waals surface area contributed by atoms with Crippen molar-refractivity contribution in [2.75, 3.05) is 5.32 Å². The number of rotatable bonds is 0. The van der Waals surface area contributed by atoms with Gasteiger partial charge in [-0.25, -0.2) is 4.79 Å². The fraction of sp³-hybridized carbons (Fsp3) is 0.308. The number of urea groups is 1. The lowest BCUT2D eigenvalue weighted by atomic mass is 9.84. The summed E-state index contributed by atoms with van der Waals surface area (Å²) in [5, 5.41) is 5.52. The van der Waals surface area contributed by atoms with Gasteiger partial charge < -0.3 is 10.6 Å². The number of para-hydroxylation sites is 1. The molecule has 1 aliphatic heterocycles. The Hall–Kier alpha value is -1.77. The van der Waals surface area contributed by atoms with E-state index < -0.39 is 0 Å². The second kappa shape index (κ2) is 3.37. The molecular weight excluding hydrogens is 200 g/mol. The van der Waals surface area contributed by atoms with Gasteiger partial charge in [-0.1, -0.05) is 45.5 Å². The summed E-state index contributed by atoms with van der Waals surface area (Å²) in [6.07, 6.45) is 0. The average molecular weight is 216 g/mol. The maximum atomic E-state index is 11.4. The summed E-state index contributed by atoms with van der Waals surface area (Å²) < 4.78 is 0. The van der Waals surface area contributed by atoms with E-state index in [1.54, 1.807) is 0 Å². The van der Waals surface area contributed by atoms with Crippen LogP contribution in [0, 0.1) is 0 Å². The Bertz CT molecular complexity index is 469. The maximum Gasteiger partial charge on any atom is 0.323 e. The average Bonchev–Trinajstić information content (AvgIpc) is 2.15. The minimum atomic E-state index is -0.214. The lowest BCUT2D eigenvalue weighted by Gasteiger charge is -2.28. The lowest BCUT2D eigenvalue weighted by Crippen LogP contribution is -2.33. The van der Waals surface area contributed by atoms with E-state index in [0.717, 1.165) is 16.8 Å². The van der Waals surface area contributed by atoms with Crippen LogP contribution in [0.1, 0.15) is 31.9 Å². The van der Waals surface area contributed by atoms with Crippen LogP contribution in [0.2, 0.25) is 0 Å². The van der Waals surface area contributed by atoms with E-state index in [0.29, 0.717) is 5.70 Å². The molecule has 1 aliphatic rings. The van der Waals surface area contributed by atoms with Crippen LogP contribution in [-0.4, -0.2) is 6.03 Å². The van der Waals surface area contributed by atoms with Crippen molar-refractivity contribution >= 4 is 17.4 Å². The highest BCUT2D eigenvalue weighted by atomic mass is 16.2. The molecular formula is C13H16N2O. The highest BCUT2D eigenvalue weighted by Crippen LogP contribution is 2.35. The topological polar surface area (TPSA) is 41.1 Å². The zero-order chi connectivity index (χ0) is 11.9. The molecule has 84 valence electrons. The first-order chi connectivity index (χ1) is 7.39. The summed E-state index contributed by atoms with van der Waals surface area (Å²) in [5.74, 6) is 0. The van der Waals surface area contributed by atoms with Crippen LogP contribution in [0.4, 0.5) is 10.5 Å². The summed E-state index contributed by atoms with van der Waals surface area (Å²) in [6.45, 7) is 10.2. The zero-order valence-electron chi connectivity index (χ0n) is 9.85. The van der Waals surface area contributed by atoms with Crippen molar-refractivity contribution in [3.8, 4) is 0 Å². The second-order valence-corrected chi connectivity index (χ2v) is 5.04. The first kappa shape index (κ1) is 10.7. The highest BCUT2D eigenvalue weighted by Gasteiger charge is 2.25. The number of benzene rings is 1. The van der Waals surface area contributed by atoms with Crippen LogP contribution >= 0.6 is 0 Å². The molecule has 3 nitrogen and oxygen atoms in total. The standard InChI is InChI=1S/C13H16N2O/c1-8-9-6-5-7-10(13(2,3)4)11(9)15-12(16)14-8/h5-7H,1H2,2-4H3,(H2,14,15,16). The molecule has 0 unspecified atom stereocenters. The van der Waals surface area contributed by atoms with Gasteiger partial charge >= 0.3 is 6.03 Å². The fourth-order valence-corrected chi connectivity index (χ4v) is 1.91. The van der Waals surface area contributed by atoms with Crippen LogP contribution in [0.5, 0.6) is 0 Å². The van der Waals surface area contributed by atoms with Gasteiger partial charge in [0.2, 0.25) is 0 Å². The first-order valence-electron chi connectivity index (χ1n) is 5.30. The summed E-state index contributed by atoms with van der Waals surface area (Å²) in [6, 6.07) is 5.77. The number of carbonyl (C=O) groups excluding carboxylic acids is 1. The van der Waals surface area contributed by atoms with Gasteiger partial charge in [-0.15, -0.1) is 0 Å². The molecule has 0 spiro atoms. The lowest BCUT2D eigenvalue weighted by molar-refractivity contribution is 0.255. The summed E-state index contributed by atoms with van der Waals surface area (Å²) in [7, 11) is 0. The SMILES string of the molecule is C=C1NC(=O)Nc2c1cccc2C(C)(C)C. The van der Waals surface area contributed by atoms with Crippen molar-refractivity contribution in [3.63, 3.8) is 0 Å². The summed E-state index contributed by atoms with van der Waals surface area (Å²) >= 11 is 0. The molecule has 2 N–H and O–H groups in total. The molecule has 1 heterocycles. The Morgan fingerprint density at radius 1 is 1.19 bits per heavy atom. The Morgan fingerprint density at radius 3 is 2.50 bits per heavy atom. The molecule has 16 heavy (non-hydrogen) atoms. The number of carbonyl (C=O) groups is 1. The normalized spacial score (nSPS) is 15.2. The molecule has 0 fully saturated rings. The minimum Gasteiger partial charge on any atom is -0.308 e. The Morgan fingerprint density at radius 2 is 1.88 bits per heavy atom.